The van der Waals surface area contributed by atoms with E-state index in [-0.39, 0.29) is 23.7 Å². The Labute approximate surface area is 165 Å². The SMILES string of the molecule is O=C(Nc1ccccc1N1CCc2ccccc21)C1C[C@H]2CCC[C@@H](C1)C2=O. The van der Waals surface area contributed by atoms with Gasteiger partial charge in [0.05, 0.1) is 11.4 Å². The van der Waals surface area contributed by atoms with Gasteiger partial charge in [-0.05, 0) is 55.9 Å². The molecule has 2 aromatic rings. The van der Waals surface area contributed by atoms with Crippen LogP contribution in [0.4, 0.5) is 17.1 Å². The maximum absolute atomic E-state index is 13.1. The number of nitrogens with zero attached hydrogens (tertiary/aromatic N) is 1. The number of hydrogen-bond donors (Lipinski definition) is 1. The van der Waals surface area contributed by atoms with E-state index >= 15 is 0 Å². The normalized spacial score (nSPS) is 26.1. The van der Waals surface area contributed by atoms with E-state index in [2.05, 4.69) is 40.5 Å². The summed E-state index contributed by atoms with van der Waals surface area (Å²) in [5, 5.41) is 3.20. The Hall–Kier alpha value is -2.62. The summed E-state index contributed by atoms with van der Waals surface area (Å²) in [6, 6.07) is 16.5. The van der Waals surface area contributed by atoms with Gasteiger partial charge in [-0.3, -0.25) is 9.59 Å². The zero-order chi connectivity index (χ0) is 19.1. The minimum atomic E-state index is -0.0491. The van der Waals surface area contributed by atoms with Crippen LogP contribution in [0.1, 0.15) is 37.7 Å². The number of benzene rings is 2. The third kappa shape index (κ3) is 3.01. The van der Waals surface area contributed by atoms with Gasteiger partial charge in [-0.25, -0.2) is 0 Å². The van der Waals surface area contributed by atoms with Crippen LogP contribution >= 0.6 is 0 Å². The van der Waals surface area contributed by atoms with E-state index in [9.17, 15) is 9.59 Å². The molecule has 1 amide bonds. The molecule has 3 aliphatic rings. The molecule has 0 saturated heterocycles. The highest BCUT2D eigenvalue weighted by Crippen LogP contribution is 2.42. The smallest absolute Gasteiger partial charge is 0.227 e. The highest BCUT2D eigenvalue weighted by molar-refractivity contribution is 5.98. The zero-order valence-electron chi connectivity index (χ0n) is 16.1. The van der Waals surface area contributed by atoms with Crippen LogP contribution in [-0.4, -0.2) is 18.2 Å². The highest BCUT2D eigenvalue weighted by atomic mass is 16.2. The Morgan fingerprint density at radius 3 is 2.39 bits per heavy atom. The summed E-state index contributed by atoms with van der Waals surface area (Å²) in [4.78, 5) is 27.7. The minimum Gasteiger partial charge on any atom is -0.339 e. The number of carbonyl (C=O) groups is 2. The summed E-state index contributed by atoms with van der Waals surface area (Å²) >= 11 is 0. The van der Waals surface area contributed by atoms with Gasteiger partial charge in [0.2, 0.25) is 5.91 Å². The van der Waals surface area contributed by atoms with Crippen LogP contribution in [0.5, 0.6) is 0 Å². The highest BCUT2D eigenvalue weighted by Gasteiger charge is 2.41. The van der Waals surface area contributed by atoms with E-state index in [4.69, 9.17) is 0 Å². The molecule has 144 valence electrons. The number of nitrogens with one attached hydrogen (secondary N) is 1. The number of carbonyl (C=O) groups excluding carboxylic acids is 2. The van der Waals surface area contributed by atoms with Crippen molar-refractivity contribution in [3.8, 4) is 0 Å². The Bertz CT molecular complexity index is 906. The number of Topliss-reactive ketones (excluding diaryl/α,β-unsaturated/α-hetero) is 1. The molecule has 1 heterocycles. The third-order valence-corrected chi connectivity index (χ3v) is 6.76. The van der Waals surface area contributed by atoms with Gasteiger partial charge in [0.15, 0.2) is 0 Å². The van der Waals surface area contributed by atoms with E-state index in [1.165, 1.54) is 11.3 Å². The number of anilines is 3. The van der Waals surface area contributed by atoms with Crippen molar-refractivity contribution in [3.63, 3.8) is 0 Å². The van der Waals surface area contributed by atoms with Crippen LogP contribution in [-0.2, 0) is 16.0 Å². The van der Waals surface area contributed by atoms with Gasteiger partial charge in [-0.15, -0.1) is 0 Å². The van der Waals surface area contributed by atoms with Gasteiger partial charge in [-0.1, -0.05) is 36.8 Å². The second kappa shape index (κ2) is 7.08. The molecule has 0 aromatic heterocycles. The molecule has 4 heteroatoms. The molecule has 1 aliphatic heterocycles. The van der Waals surface area contributed by atoms with E-state index in [0.717, 1.165) is 56.4 Å². The zero-order valence-corrected chi connectivity index (χ0v) is 16.1. The van der Waals surface area contributed by atoms with E-state index < -0.39 is 0 Å². The number of fused-ring (bicyclic) bond motifs is 3. The van der Waals surface area contributed by atoms with Crippen molar-refractivity contribution in [2.75, 3.05) is 16.8 Å². The van der Waals surface area contributed by atoms with E-state index in [0.29, 0.717) is 5.78 Å². The molecule has 1 unspecified atom stereocenters. The number of ketones is 1. The van der Waals surface area contributed by atoms with Gasteiger partial charge in [0.1, 0.15) is 5.78 Å². The van der Waals surface area contributed by atoms with E-state index in [1.807, 2.05) is 18.2 Å². The average molecular weight is 374 g/mol. The van der Waals surface area contributed by atoms with Crippen molar-refractivity contribution >= 4 is 28.8 Å². The van der Waals surface area contributed by atoms with Gasteiger partial charge < -0.3 is 10.2 Å². The summed E-state index contributed by atoms with van der Waals surface area (Å²) in [6.07, 6.45) is 5.51. The van der Waals surface area contributed by atoms with Crippen molar-refractivity contribution in [2.45, 2.75) is 38.5 Å². The maximum atomic E-state index is 13.1. The lowest BCUT2D eigenvalue weighted by atomic mass is 9.67. The lowest BCUT2D eigenvalue weighted by Gasteiger charge is -2.37. The van der Waals surface area contributed by atoms with Crippen LogP contribution in [0.25, 0.3) is 0 Å². The fourth-order valence-corrected chi connectivity index (χ4v) is 5.33. The molecule has 2 fully saturated rings. The van der Waals surface area contributed by atoms with E-state index in [1.54, 1.807) is 0 Å². The quantitative estimate of drug-likeness (QED) is 0.846. The topological polar surface area (TPSA) is 49.4 Å². The largest absolute Gasteiger partial charge is 0.339 e. The third-order valence-electron chi connectivity index (χ3n) is 6.76. The van der Waals surface area contributed by atoms with Crippen molar-refractivity contribution in [2.24, 2.45) is 17.8 Å². The first-order valence-electron chi connectivity index (χ1n) is 10.5. The van der Waals surface area contributed by atoms with Crippen molar-refractivity contribution in [1.82, 2.24) is 0 Å². The van der Waals surface area contributed by atoms with Gasteiger partial charge in [0, 0.05) is 30.0 Å². The molecule has 3 atom stereocenters. The fourth-order valence-electron chi connectivity index (χ4n) is 5.33. The lowest BCUT2D eigenvalue weighted by molar-refractivity contribution is -0.136. The summed E-state index contributed by atoms with van der Waals surface area (Å²) in [5.41, 5.74) is 4.49. The molecule has 1 N–H and O–H groups in total. The first-order valence-corrected chi connectivity index (χ1v) is 10.5. The molecule has 4 nitrogen and oxygen atoms in total. The van der Waals surface area contributed by atoms with Crippen LogP contribution < -0.4 is 10.2 Å². The predicted molar refractivity (Wildman–Crippen MR) is 111 cm³/mol. The first-order chi connectivity index (χ1) is 13.7. The number of hydrogen-bond acceptors (Lipinski definition) is 3. The number of amides is 1. The molecular formula is C24H26N2O2. The molecule has 2 aromatic carbocycles. The minimum absolute atomic E-state index is 0.0491. The van der Waals surface area contributed by atoms with Gasteiger partial charge >= 0.3 is 0 Å². The van der Waals surface area contributed by atoms with Crippen molar-refractivity contribution in [1.29, 1.82) is 0 Å². The summed E-state index contributed by atoms with van der Waals surface area (Å²) in [5.74, 6) is 0.633. The number of para-hydroxylation sites is 3. The van der Waals surface area contributed by atoms with Gasteiger partial charge in [-0.2, -0.15) is 0 Å². The molecule has 28 heavy (non-hydrogen) atoms. The molecule has 2 bridgehead atoms. The summed E-state index contributed by atoms with van der Waals surface area (Å²) in [7, 11) is 0. The molecule has 2 aliphatic carbocycles. The second-order valence-corrected chi connectivity index (χ2v) is 8.43. The Kier molecular flexibility index (Phi) is 4.42. The van der Waals surface area contributed by atoms with Crippen LogP contribution in [0.3, 0.4) is 0 Å². The lowest BCUT2D eigenvalue weighted by Crippen LogP contribution is -2.40. The summed E-state index contributed by atoms with van der Waals surface area (Å²) < 4.78 is 0. The molecule has 2 saturated carbocycles. The first kappa shape index (κ1) is 17.5. The maximum Gasteiger partial charge on any atom is 0.227 e. The predicted octanol–water partition coefficient (Wildman–Crippen LogP) is 4.71. The van der Waals surface area contributed by atoms with Gasteiger partial charge in [0.25, 0.3) is 0 Å². The average Bonchev–Trinajstić information content (AvgIpc) is 3.12. The van der Waals surface area contributed by atoms with Crippen LogP contribution in [0, 0.1) is 17.8 Å². The Balaban J connectivity index is 1.37. The Morgan fingerprint density at radius 1 is 0.929 bits per heavy atom. The standard InChI is InChI=1S/C24H26N2O2/c27-23-17-7-5-8-18(23)15-19(14-17)24(28)25-20-9-2-4-11-22(20)26-13-12-16-6-1-3-10-21(16)26/h1-4,6,9-11,17-19H,5,7-8,12-15H2,(H,25,28)/t17-,18+,19?. The molecular weight excluding hydrogens is 348 g/mol. The summed E-state index contributed by atoms with van der Waals surface area (Å²) in [6.45, 7) is 0.925. The Morgan fingerprint density at radius 2 is 1.61 bits per heavy atom. The van der Waals surface area contributed by atoms with Crippen LogP contribution in [0.2, 0.25) is 0 Å². The van der Waals surface area contributed by atoms with Crippen molar-refractivity contribution in [3.05, 3.63) is 54.1 Å². The molecule has 5 rings (SSSR count). The molecule has 0 radical (unpaired) electrons. The fraction of sp³-hybridized carbons (Fsp3) is 0.417. The number of rotatable bonds is 3. The molecule has 0 spiro atoms. The van der Waals surface area contributed by atoms with Crippen molar-refractivity contribution < 1.29 is 9.59 Å². The second-order valence-electron chi connectivity index (χ2n) is 8.43. The van der Waals surface area contributed by atoms with Crippen LogP contribution in [0.15, 0.2) is 48.5 Å². The monoisotopic (exact) mass is 374 g/mol.